The van der Waals surface area contributed by atoms with Gasteiger partial charge in [0.25, 0.3) is 5.91 Å². The number of rotatable bonds is 5. The van der Waals surface area contributed by atoms with Crippen molar-refractivity contribution in [1.82, 2.24) is 5.32 Å². The minimum absolute atomic E-state index is 0.247. The van der Waals surface area contributed by atoms with Crippen LogP contribution < -0.4 is 5.32 Å². The fourth-order valence-electron chi connectivity index (χ4n) is 2.76. The van der Waals surface area contributed by atoms with Crippen molar-refractivity contribution in [3.63, 3.8) is 0 Å². The van der Waals surface area contributed by atoms with Crippen LogP contribution in [-0.2, 0) is 0 Å². The average molecular weight is 374 g/mol. The van der Waals surface area contributed by atoms with Gasteiger partial charge in [-0.15, -0.1) is 0 Å². The van der Waals surface area contributed by atoms with Crippen molar-refractivity contribution in [2.45, 2.75) is 12.5 Å². The second-order valence-electron chi connectivity index (χ2n) is 5.76. The summed E-state index contributed by atoms with van der Waals surface area (Å²) in [5.74, 6) is -0.247. The van der Waals surface area contributed by atoms with Gasteiger partial charge in [-0.3, -0.25) is 4.79 Å². The Bertz CT molecular complexity index is 906. The van der Waals surface area contributed by atoms with E-state index in [0.29, 0.717) is 28.6 Å². The highest BCUT2D eigenvalue weighted by molar-refractivity contribution is 6.42. The topological polar surface area (TPSA) is 49.3 Å². The predicted octanol–water partition coefficient (Wildman–Crippen LogP) is 5.00. The minimum Gasteiger partial charge on any atom is -0.388 e. The molecule has 0 aliphatic carbocycles. The third kappa shape index (κ3) is 4.13. The number of hydrogen-bond acceptors (Lipinski definition) is 2. The second kappa shape index (κ2) is 7.87. The highest BCUT2D eigenvalue weighted by atomic mass is 35.5. The summed E-state index contributed by atoms with van der Waals surface area (Å²) in [5, 5.41) is 16.1. The van der Waals surface area contributed by atoms with E-state index >= 15 is 0 Å². The molecular formula is C20H17Cl2NO2. The van der Waals surface area contributed by atoms with Crippen molar-refractivity contribution < 1.29 is 9.90 Å². The van der Waals surface area contributed by atoms with Gasteiger partial charge in [-0.25, -0.2) is 0 Å². The molecule has 0 spiro atoms. The number of benzene rings is 3. The third-order valence-electron chi connectivity index (χ3n) is 4.07. The summed E-state index contributed by atoms with van der Waals surface area (Å²) in [6.45, 7) is 0.351. The monoisotopic (exact) mass is 373 g/mol. The molecule has 0 radical (unpaired) electrons. The molecule has 1 atom stereocenters. The summed E-state index contributed by atoms with van der Waals surface area (Å²) >= 11 is 11.8. The van der Waals surface area contributed by atoms with Crippen LogP contribution >= 0.6 is 23.2 Å². The summed E-state index contributed by atoms with van der Waals surface area (Å²) in [5.41, 5.74) is 1.30. The highest BCUT2D eigenvalue weighted by Gasteiger charge is 2.12. The minimum atomic E-state index is -0.653. The molecular weight excluding hydrogens is 357 g/mol. The zero-order chi connectivity index (χ0) is 17.8. The van der Waals surface area contributed by atoms with Crippen LogP contribution in [0.1, 0.15) is 28.4 Å². The van der Waals surface area contributed by atoms with Crippen molar-refractivity contribution in [2.24, 2.45) is 0 Å². The first-order valence-corrected chi connectivity index (χ1v) is 8.71. The quantitative estimate of drug-likeness (QED) is 0.660. The number of nitrogens with one attached hydrogen (secondary N) is 1. The van der Waals surface area contributed by atoms with Gasteiger partial charge in [0.2, 0.25) is 0 Å². The molecule has 0 aliphatic heterocycles. The summed E-state index contributed by atoms with van der Waals surface area (Å²) in [7, 11) is 0. The first-order valence-electron chi connectivity index (χ1n) is 7.95. The molecule has 2 N–H and O–H groups in total. The van der Waals surface area contributed by atoms with Gasteiger partial charge in [-0.2, -0.15) is 0 Å². The lowest BCUT2D eigenvalue weighted by Crippen LogP contribution is -2.25. The molecule has 128 valence electrons. The molecule has 0 saturated carbocycles. The van der Waals surface area contributed by atoms with Gasteiger partial charge in [0.05, 0.1) is 16.1 Å². The summed E-state index contributed by atoms with van der Waals surface area (Å²) in [6.07, 6.45) is -0.235. The van der Waals surface area contributed by atoms with Crippen molar-refractivity contribution in [3.05, 3.63) is 81.8 Å². The Kier molecular flexibility index (Phi) is 5.59. The van der Waals surface area contributed by atoms with Crippen LogP contribution in [0.4, 0.5) is 0 Å². The Balaban J connectivity index is 1.63. The Morgan fingerprint density at radius 2 is 1.76 bits per heavy atom. The Morgan fingerprint density at radius 1 is 1.00 bits per heavy atom. The van der Waals surface area contributed by atoms with Crippen LogP contribution in [0, 0.1) is 0 Å². The molecule has 0 saturated heterocycles. The summed E-state index contributed by atoms with van der Waals surface area (Å²) < 4.78 is 0. The molecule has 3 rings (SSSR count). The SMILES string of the molecule is O=C(NCCC(O)c1cccc2ccccc12)c1ccc(Cl)c(Cl)c1. The van der Waals surface area contributed by atoms with E-state index < -0.39 is 6.10 Å². The van der Waals surface area contributed by atoms with E-state index in [1.54, 1.807) is 12.1 Å². The van der Waals surface area contributed by atoms with Crippen molar-refractivity contribution in [1.29, 1.82) is 0 Å². The molecule has 0 aromatic heterocycles. The molecule has 3 aromatic rings. The summed E-state index contributed by atoms with van der Waals surface area (Å²) in [6, 6.07) is 18.5. The summed E-state index contributed by atoms with van der Waals surface area (Å²) in [4.78, 5) is 12.1. The number of halogens is 2. The van der Waals surface area contributed by atoms with Gasteiger partial charge >= 0.3 is 0 Å². The van der Waals surface area contributed by atoms with E-state index in [9.17, 15) is 9.90 Å². The highest BCUT2D eigenvalue weighted by Crippen LogP contribution is 2.26. The van der Waals surface area contributed by atoms with Crippen LogP contribution in [0.2, 0.25) is 10.0 Å². The van der Waals surface area contributed by atoms with Crippen molar-refractivity contribution in [2.75, 3.05) is 6.54 Å². The van der Waals surface area contributed by atoms with Gasteiger partial charge in [0.15, 0.2) is 0 Å². The van der Waals surface area contributed by atoms with E-state index in [1.165, 1.54) is 6.07 Å². The fourth-order valence-corrected chi connectivity index (χ4v) is 3.06. The lowest BCUT2D eigenvalue weighted by molar-refractivity contribution is 0.0943. The van der Waals surface area contributed by atoms with E-state index in [0.717, 1.165) is 16.3 Å². The number of aliphatic hydroxyl groups excluding tert-OH is 1. The van der Waals surface area contributed by atoms with Gasteiger partial charge in [-0.1, -0.05) is 65.7 Å². The lowest BCUT2D eigenvalue weighted by Gasteiger charge is -2.14. The van der Waals surface area contributed by atoms with E-state index in [4.69, 9.17) is 23.2 Å². The number of amides is 1. The smallest absolute Gasteiger partial charge is 0.251 e. The van der Waals surface area contributed by atoms with Crippen LogP contribution in [0.5, 0.6) is 0 Å². The van der Waals surface area contributed by atoms with Crippen LogP contribution in [0.15, 0.2) is 60.7 Å². The largest absolute Gasteiger partial charge is 0.388 e. The van der Waals surface area contributed by atoms with E-state index in [1.807, 2.05) is 42.5 Å². The number of aliphatic hydroxyl groups is 1. The van der Waals surface area contributed by atoms with Crippen LogP contribution in [0.3, 0.4) is 0 Å². The Morgan fingerprint density at radius 3 is 2.56 bits per heavy atom. The molecule has 0 aliphatic rings. The zero-order valence-electron chi connectivity index (χ0n) is 13.4. The Hall–Kier alpha value is -2.07. The van der Waals surface area contributed by atoms with E-state index in [2.05, 4.69) is 5.32 Å². The molecule has 25 heavy (non-hydrogen) atoms. The molecule has 0 heterocycles. The molecule has 5 heteroatoms. The second-order valence-corrected chi connectivity index (χ2v) is 6.57. The van der Waals surface area contributed by atoms with E-state index in [-0.39, 0.29) is 5.91 Å². The lowest BCUT2D eigenvalue weighted by atomic mass is 9.99. The van der Waals surface area contributed by atoms with Gasteiger partial charge in [-0.05, 0) is 41.0 Å². The number of carbonyl (C=O) groups excluding carboxylic acids is 1. The standard InChI is InChI=1S/C20H17Cl2NO2/c21-17-9-8-14(12-18(17)22)20(25)23-11-10-19(24)16-7-3-5-13-4-1-2-6-15(13)16/h1-9,12,19,24H,10-11H2,(H,23,25). The maximum Gasteiger partial charge on any atom is 0.251 e. The van der Waals surface area contributed by atoms with Gasteiger partial charge in [0, 0.05) is 12.1 Å². The third-order valence-corrected chi connectivity index (χ3v) is 4.81. The molecule has 3 aromatic carbocycles. The maximum atomic E-state index is 12.1. The van der Waals surface area contributed by atoms with Crippen LogP contribution in [0.25, 0.3) is 10.8 Å². The normalized spacial score (nSPS) is 12.1. The van der Waals surface area contributed by atoms with Gasteiger partial charge < -0.3 is 10.4 Å². The molecule has 0 fully saturated rings. The molecule has 1 unspecified atom stereocenters. The van der Waals surface area contributed by atoms with Gasteiger partial charge in [0.1, 0.15) is 0 Å². The first-order chi connectivity index (χ1) is 12.1. The molecule has 3 nitrogen and oxygen atoms in total. The maximum absolute atomic E-state index is 12.1. The molecule has 0 bridgehead atoms. The van der Waals surface area contributed by atoms with Crippen molar-refractivity contribution in [3.8, 4) is 0 Å². The number of fused-ring (bicyclic) bond motifs is 1. The zero-order valence-corrected chi connectivity index (χ0v) is 14.9. The first kappa shape index (κ1) is 17.7. The molecule has 1 amide bonds. The van der Waals surface area contributed by atoms with Crippen LogP contribution in [-0.4, -0.2) is 17.6 Å². The number of carbonyl (C=O) groups is 1. The van der Waals surface area contributed by atoms with Crippen molar-refractivity contribution >= 4 is 39.9 Å². The fraction of sp³-hybridized carbons (Fsp3) is 0.150. The predicted molar refractivity (Wildman–Crippen MR) is 102 cm³/mol. The Labute approximate surface area is 156 Å². The number of hydrogen-bond donors (Lipinski definition) is 2. The average Bonchev–Trinajstić information content (AvgIpc) is 2.63.